The summed E-state index contributed by atoms with van der Waals surface area (Å²) < 4.78 is 0. The molecule has 0 bridgehead atoms. The van der Waals surface area contributed by atoms with Gasteiger partial charge >= 0.3 is 0 Å². The van der Waals surface area contributed by atoms with Crippen LogP contribution in [-0.4, -0.2) is 0 Å². The first-order valence-electron chi connectivity index (χ1n) is 8.36. The van der Waals surface area contributed by atoms with Crippen molar-refractivity contribution < 1.29 is 0 Å². The van der Waals surface area contributed by atoms with Crippen LogP contribution in [0.1, 0.15) is 54.8 Å². The van der Waals surface area contributed by atoms with E-state index in [2.05, 4.69) is 79.8 Å². The normalized spacial score (nSPS) is 25.7. The van der Waals surface area contributed by atoms with Gasteiger partial charge in [0.2, 0.25) is 0 Å². The van der Waals surface area contributed by atoms with E-state index in [4.69, 9.17) is 0 Å². The highest BCUT2D eigenvalue weighted by atomic mass is 15.0. The number of para-hydroxylation sites is 1. The van der Waals surface area contributed by atoms with Crippen molar-refractivity contribution in [2.24, 2.45) is 5.92 Å². The molecular weight excluding hydrogens is 266 g/mol. The van der Waals surface area contributed by atoms with E-state index in [1.54, 1.807) is 0 Å². The Morgan fingerprint density at radius 3 is 2.55 bits per heavy atom. The van der Waals surface area contributed by atoms with Crippen molar-refractivity contribution >= 4 is 5.69 Å². The van der Waals surface area contributed by atoms with Gasteiger partial charge in [-0.15, -0.1) is 0 Å². The van der Waals surface area contributed by atoms with Crippen LogP contribution in [0, 0.1) is 5.92 Å². The van der Waals surface area contributed by atoms with Crippen LogP contribution in [0.3, 0.4) is 0 Å². The van der Waals surface area contributed by atoms with Gasteiger partial charge in [0.25, 0.3) is 0 Å². The van der Waals surface area contributed by atoms with E-state index < -0.39 is 0 Å². The fraction of sp³-hybridized carbons (Fsp3) is 0.333. The Morgan fingerprint density at radius 2 is 1.77 bits per heavy atom. The topological polar surface area (TPSA) is 12.0 Å². The van der Waals surface area contributed by atoms with Crippen molar-refractivity contribution in [1.29, 1.82) is 0 Å². The van der Waals surface area contributed by atoms with E-state index in [1.165, 1.54) is 28.8 Å². The van der Waals surface area contributed by atoms with E-state index in [9.17, 15) is 0 Å². The summed E-state index contributed by atoms with van der Waals surface area (Å²) in [6.07, 6.45) is 5.93. The Kier molecular flexibility index (Phi) is 3.29. The fourth-order valence-electron chi connectivity index (χ4n) is 3.96. The highest BCUT2D eigenvalue weighted by Gasteiger charge is 2.37. The van der Waals surface area contributed by atoms with Gasteiger partial charge in [0.15, 0.2) is 0 Å². The summed E-state index contributed by atoms with van der Waals surface area (Å²) in [5.41, 5.74) is 5.59. The van der Waals surface area contributed by atoms with Gasteiger partial charge in [0, 0.05) is 11.6 Å². The zero-order chi connectivity index (χ0) is 15.1. The largest absolute Gasteiger partial charge is 0.378 e. The molecule has 0 saturated heterocycles. The molecule has 2 aromatic carbocycles. The van der Waals surface area contributed by atoms with Crippen molar-refractivity contribution in [3.8, 4) is 0 Å². The van der Waals surface area contributed by atoms with Gasteiger partial charge in [-0.1, -0.05) is 68.5 Å². The third kappa shape index (κ3) is 2.16. The lowest BCUT2D eigenvalue weighted by Gasteiger charge is -2.37. The highest BCUT2D eigenvalue weighted by molar-refractivity contribution is 5.59. The first-order chi connectivity index (χ1) is 10.7. The molecular formula is C21H23N. The second-order valence-corrected chi connectivity index (χ2v) is 6.88. The van der Waals surface area contributed by atoms with Crippen molar-refractivity contribution in [3.63, 3.8) is 0 Å². The average Bonchev–Trinajstić information content (AvgIpc) is 3.04. The van der Waals surface area contributed by atoms with Gasteiger partial charge in [0.05, 0.1) is 6.04 Å². The lowest BCUT2D eigenvalue weighted by Crippen LogP contribution is -2.28. The molecule has 0 radical (unpaired) electrons. The molecule has 1 aliphatic carbocycles. The Labute approximate surface area is 133 Å². The van der Waals surface area contributed by atoms with Gasteiger partial charge in [-0.25, -0.2) is 0 Å². The molecule has 0 amide bonds. The van der Waals surface area contributed by atoms with Gasteiger partial charge in [-0.2, -0.15) is 0 Å². The number of benzene rings is 2. The first-order valence-corrected chi connectivity index (χ1v) is 8.36. The Morgan fingerprint density at radius 1 is 1.00 bits per heavy atom. The number of hydrogen-bond donors (Lipinski definition) is 1. The second-order valence-electron chi connectivity index (χ2n) is 6.88. The lowest BCUT2D eigenvalue weighted by atomic mass is 9.77. The average molecular weight is 289 g/mol. The molecule has 4 rings (SSSR count). The number of hydrogen-bond acceptors (Lipinski definition) is 1. The van der Waals surface area contributed by atoms with Crippen molar-refractivity contribution in [3.05, 3.63) is 77.4 Å². The van der Waals surface area contributed by atoms with Gasteiger partial charge in [0.1, 0.15) is 0 Å². The molecule has 0 saturated carbocycles. The Bertz CT molecular complexity index is 696. The predicted octanol–water partition coefficient (Wildman–Crippen LogP) is 5.64. The van der Waals surface area contributed by atoms with E-state index in [-0.39, 0.29) is 0 Å². The highest BCUT2D eigenvalue weighted by Crippen LogP contribution is 2.49. The lowest BCUT2D eigenvalue weighted by molar-refractivity contribution is 0.425. The van der Waals surface area contributed by atoms with Crippen LogP contribution in [0.4, 0.5) is 5.69 Å². The standard InChI is InChI=1S/C21H23N/c1-14(2)15-10-12-16(13-11-15)21-19-8-5-7-17(19)18-6-3-4-9-20(18)22-21/h3-7,9-14,17,19,21-22H,8H2,1-2H3. The van der Waals surface area contributed by atoms with E-state index in [0.717, 1.165) is 0 Å². The molecule has 1 N–H and O–H groups in total. The number of nitrogens with one attached hydrogen (secondary N) is 1. The molecule has 1 heteroatoms. The van der Waals surface area contributed by atoms with Gasteiger partial charge in [-0.05, 0) is 41.0 Å². The number of anilines is 1. The minimum atomic E-state index is 0.413. The quantitative estimate of drug-likeness (QED) is 0.706. The third-order valence-corrected chi connectivity index (χ3v) is 5.23. The zero-order valence-electron chi connectivity index (χ0n) is 13.3. The molecule has 0 spiro atoms. The molecule has 1 heterocycles. The van der Waals surface area contributed by atoms with Crippen LogP contribution in [0.2, 0.25) is 0 Å². The van der Waals surface area contributed by atoms with Crippen LogP contribution in [-0.2, 0) is 0 Å². The minimum absolute atomic E-state index is 0.413. The summed E-state index contributed by atoms with van der Waals surface area (Å²) in [5.74, 6) is 1.79. The fourth-order valence-corrected chi connectivity index (χ4v) is 3.96. The maximum atomic E-state index is 3.79. The number of fused-ring (bicyclic) bond motifs is 3. The zero-order valence-corrected chi connectivity index (χ0v) is 13.3. The molecule has 112 valence electrons. The summed E-state index contributed by atoms with van der Waals surface area (Å²) in [6.45, 7) is 4.50. The molecule has 3 unspecified atom stereocenters. The van der Waals surface area contributed by atoms with Crippen molar-refractivity contribution in [1.82, 2.24) is 0 Å². The maximum Gasteiger partial charge on any atom is 0.0553 e. The van der Waals surface area contributed by atoms with Gasteiger partial charge in [-0.3, -0.25) is 0 Å². The van der Waals surface area contributed by atoms with Crippen LogP contribution in [0.5, 0.6) is 0 Å². The van der Waals surface area contributed by atoms with E-state index >= 15 is 0 Å². The predicted molar refractivity (Wildman–Crippen MR) is 93.3 cm³/mol. The number of rotatable bonds is 2. The van der Waals surface area contributed by atoms with E-state index in [1.807, 2.05) is 0 Å². The summed E-state index contributed by atoms with van der Waals surface area (Å²) in [6, 6.07) is 18.4. The molecule has 3 atom stereocenters. The third-order valence-electron chi connectivity index (χ3n) is 5.23. The summed E-state index contributed by atoms with van der Waals surface area (Å²) in [4.78, 5) is 0. The summed E-state index contributed by atoms with van der Waals surface area (Å²) in [7, 11) is 0. The summed E-state index contributed by atoms with van der Waals surface area (Å²) in [5, 5.41) is 3.79. The monoisotopic (exact) mass is 289 g/mol. The van der Waals surface area contributed by atoms with E-state index in [0.29, 0.717) is 23.8 Å². The SMILES string of the molecule is CC(C)c1ccc(C2Nc3ccccc3C3C=CCC32)cc1. The molecule has 22 heavy (non-hydrogen) atoms. The Balaban J connectivity index is 1.71. The van der Waals surface area contributed by atoms with Crippen molar-refractivity contribution in [2.45, 2.75) is 38.1 Å². The summed E-state index contributed by atoms with van der Waals surface area (Å²) >= 11 is 0. The smallest absolute Gasteiger partial charge is 0.0553 e. The minimum Gasteiger partial charge on any atom is -0.378 e. The number of allylic oxidation sites excluding steroid dienone is 2. The first kappa shape index (κ1) is 13.6. The molecule has 0 aromatic heterocycles. The van der Waals surface area contributed by atoms with Crippen LogP contribution in [0.25, 0.3) is 0 Å². The second kappa shape index (κ2) is 5.31. The van der Waals surface area contributed by atoms with Gasteiger partial charge < -0.3 is 5.32 Å². The van der Waals surface area contributed by atoms with Crippen LogP contribution < -0.4 is 5.32 Å². The van der Waals surface area contributed by atoms with Crippen molar-refractivity contribution in [2.75, 3.05) is 5.32 Å². The van der Waals surface area contributed by atoms with Crippen LogP contribution in [0.15, 0.2) is 60.7 Å². The molecule has 2 aliphatic rings. The molecule has 1 aliphatic heterocycles. The maximum absolute atomic E-state index is 3.79. The van der Waals surface area contributed by atoms with Crippen LogP contribution >= 0.6 is 0 Å². The molecule has 2 aromatic rings. The molecule has 1 nitrogen and oxygen atoms in total. The molecule has 0 fully saturated rings. The Hall–Kier alpha value is -2.02.